The molecule has 0 radical (unpaired) electrons. The van der Waals surface area contributed by atoms with Crippen molar-refractivity contribution in [3.8, 4) is 22.3 Å². The third-order valence-electron chi connectivity index (χ3n) is 4.94. The molecule has 4 aromatic carbocycles. The average molecular weight is 350 g/mol. The second kappa shape index (κ2) is 5.92. The van der Waals surface area contributed by atoms with Crippen molar-refractivity contribution < 1.29 is 14.3 Å². The van der Waals surface area contributed by atoms with Gasteiger partial charge in [-0.2, -0.15) is 0 Å². The standard InChI is InChI=1S/C24H14O3/c25-23-20-14-18-8-4-5-9-19(18)21(22(20)24(26)27-23)17-12-10-16(11-13-17)15-6-2-1-3-7-15/h1-14H. The first-order valence-corrected chi connectivity index (χ1v) is 8.70. The minimum absolute atomic E-state index is 0.334. The largest absolute Gasteiger partial charge is 0.386 e. The molecule has 0 aromatic heterocycles. The number of fused-ring (bicyclic) bond motifs is 2. The molecule has 0 N–H and O–H groups in total. The summed E-state index contributed by atoms with van der Waals surface area (Å²) in [6, 6.07) is 27.6. The molecule has 1 aliphatic rings. The molecule has 4 aromatic rings. The fraction of sp³-hybridized carbons (Fsp3) is 0. The van der Waals surface area contributed by atoms with Crippen LogP contribution in [0.3, 0.4) is 0 Å². The molecule has 5 rings (SSSR count). The van der Waals surface area contributed by atoms with E-state index in [0.29, 0.717) is 11.1 Å². The molecule has 27 heavy (non-hydrogen) atoms. The maximum atomic E-state index is 12.4. The fourth-order valence-corrected chi connectivity index (χ4v) is 3.67. The summed E-state index contributed by atoms with van der Waals surface area (Å²) in [6.45, 7) is 0. The smallest absolute Gasteiger partial charge is 0.347 e. The Bertz CT molecular complexity index is 1210. The Hall–Kier alpha value is -3.72. The number of cyclic esters (lactones) is 2. The van der Waals surface area contributed by atoms with E-state index in [1.54, 1.807) is 6.07 Å². The molecule has 3 heteroatoms. The first-order valence-electron chi connectivity index (χ1n) is 8.70. The molecule has 0 atom stereocenters. The topological polar surface area (TPSA) is 43.4 Å². The van der Waals surface area contributed by atoms with E-state index in [9.17, 15) is 9.59 Å². The van der Waals surface area contributed by atoms with Gasteiger partial charge in [0.15, 0.2) is 0 Å². The van der Waals surface area contributed by atoms with E-state index in [2.05, 4.69) is 12.1 Å². The Balaban J connectivity index is 1.75. The number of esters is 2. The summed E-state index contributed by atoms with van der Waals surface area (Å²) in [6.07, 6.45) is 0. The summed E-state index contributed by atoms with van der Waals surface area (Å²) in [5.41, 5.74) is 4.54. The van der Waals surface area contributed by atoms with Gasteiger partial charge in [0.25, 0.3) is 0 Å². The van der Waals surface area contributed by atoms with Gasteiger partial charge in [-0.05, 0) is 33.5 Å². The zero-order valence-electron chi connectivity index (χ0n) is 14.3. The first-order chi connectivity index (χ1) is 13.2. The summed E-state index contributed by atoms with van der Waals surface area (Å²) < 4.78 is 4.88. The molecule has 0 saturated carbocycles. The van der Waals surface area contributed by atoms with Crippen LogP contribution in [0.4, 0.5) is 0 Å². The monoisotopic (exact) mass is 350 g/mol. The van der Waals surface area contributed by atoms with Crippen LogP contribution in [0.2, 0.25) is 0 Å². The lowest BCUT2D eigenvalue weighted by atomic mass is 9.90. The van der Waals surface area contributed by atoms with Crippen LogP contribution in [0.25, 0.3) is 33.0 Å². The van der Waals surface area contributed by atoms with Crippen molar-refractivity contribution in [2.45, 2.75) is 0 Å². The predicted molar refractivity (Wildman–Crippen MR) is 105 cm³/mol. The Labute approximate surface area is 155 Å². The van der Waals surface area contributed by atoms with E-state index in [-0.39, 0.29) is 0 Å². The van der Waals surface area contributed by atoms with Crippen LogP contribution in [0, 0.1) is 0 Å². The third-order valence-corrected chi connectivity index (χ3v) is 4.94. The van der Waals surface area contributed by atoms with E-state index in [1.165, 1.54) is 0 Å². The van der Waals surface area contributed by atoms with E-state index in [0.717, 1.165) is 33.0 Å². The van der Waals surface area contributed by atoms with E-state index in [1.807, 2.05) is 66.7 Å². The van der Waals surface area contributed by atoms with Crippen molar-refractivity contribution in [3.63, 3.8) is 0 Å². The van der Waals surface area contributed by atoms with Crippen molar-refractivity contribution in [1.82, 2.24) is 0 Å². The highest BCUT2D eigenvalue weighted by Crippen LogP contribution is 2.38. The van der Waals surface area contributed by atoms with Gasteiger partial charge in [0.2, 0.25) is 0 Å². The molecular weight excluding hydrogens is 336 g/mol. The summed E-state index contributed by atoms with van der Waals surface area (Å²) in [7, 11) is 0. The molecule has 3 nitrogen and oxygen atoms in total. The van der Waals surface area contributed by atoms with Crippen LogP contribution in [0.1, 0.15) is 20.7 Å². The molecule has 128 valence electrons. The lowest BCUT2D eigenvalue weighted by molar-refractivity contribution is 0.0444. The average Bonchev–Trinajstić information content (AvgIpc) is 3.00. The van der Waals surface area contributed by atoms with Crippen molar-refractivity contribution in [2.75, 3.05) is 0 Å². The Kier molecular flexibility index (Phi) is 3.41. The van der Waals surface area contributed by atoms with Crippen molar-refractivity contribution in [2.24, 2.45) is 0 Å². The summed E-state index contributed by atoms with van der Waals surface area (Å²) in [5.74, 6) is -1.16. The predicted octanol–water partition coefficient (Wildman–Crippen LogP) is 5.48. The summed E-state index contributed by atoms with van der Waals surface area (Å²) >= 11 is 0. The molecule has 0 unspecified atom stereocenters. The van der Waals surface area contributed by atoms with E-state index >= 15 is 0 Å². The number of rotatable bonds is 2. The van der Waals surface area contributed by atoms with Crippen LogP contribution >= 0.6 is 0 Å². The number of carbonyl (C=O) groups excluding carboxylic acids is 2. The van der Waals surface area contributed by atoms with Crippen LogP contribution in [-0.2, 0) is 4.74 Å². The maximum Gasteiger partial charge on any atom is 0.347 e. The zero-order valence-corrected chi connectivity index (χ0v) is 14.3. The minimum Gasteiger partial charge on any atom is -0.386 e. The van der Waals surface area contributed by atoms with Gasteiger partial charge < -0.3 is 4.74 Å². The van der Waals surface area contributed by atoms with Crippen molar-refractivity contribution in [1.29, 1.82) is 0 Å². The summed E-state index contributed by atoms with van der Waals surface area (Å²) in [4.78, 5) is 24.5. The van der Waals surface area contributed by atoms with Crippen LogP contribution in [-0.4, -0.2) is 11.9 Å². The molecule has 0 amide bonds. The van der Waals surface area contributed by atoms with E-state index < -0.39 is 11.9 Å². The maximum absolute atomic E-state index is 12.4. The second-order valence-corrected chi connectivity index (χ2v) is 6.52. The lowest BCUT2D eigenvalue weighted by Gasteiger charge is -2.11. The minimum atomic E-state index is -0.581. The van der Waals surface area contributed by atoms with Gasteiger partial charge in [-0.3, -0.25) is 0 Å². The van der Waals surface area contributed by atoms with Gasteiger partial charge in [-0.15, -0.1) is 0 Å². The van der Waals surface area contributed by atoms with Gasteiger partial charge in [0, 0.05) is 5.56 Å². The van der Waals surface area contributed by atoms with Crippen molar-refractivity contribution in [3.05, 3.63) is 96.1 Å². The number of ether oxygens (including phenoxy) is 1. The third kappa shape index (κ3) is 2.44. The Morgan fingerprint density at radius 1 is 0.556 bits per heavy atom. The van der Waals surface area contributed by atoms with Gasteiger partial charge in [-0.25, -0.2) is 9.59 Å². The van der Waals surface area contributed by atoms with Gasteiger partial charge in [-0.1, -0.05) is 78.9 Å². The van der Waals surface area contributed by atoms with Crippen LogP contribution in [0.5, 0.6) is 0 Å². The molecule has 0 saturated heterocycles. The highest BCUT2D eigenvalue weighted by molar-refractivity contribution is 6.22. The van der Waals surface area contributed by atoms with E-state index in [4.69, 9.17) is 4.74 Å². The number of benzene rings is 4. The first kappa shape index (κ1) is 15.5. The second-order valence-electron chi connectivity index (χ2n) is 6.52. The zero-order chi connectivity index (χ0) is 18.4. The number of hydrogen-bond donors (Lipinski definition) is 0. The number of carbonyl (C=O) groups is 2. The summed E-state index contributed by atoms with van der Waals surface area (Å²) in [5, 5.41) is 1.83. The molecule has 1 heterocycles. The van der Waals surface area contributed by atoms with Crippen molar-refractivity contribution >= 4 is 22.7 Å². The lowest BCUT2D eigenvalue weighted by Crippen LogP contribution is -1.99. The Morgan fingerprint density at radius 2 is 1.19 bits per heavy atom. The highest BCUT2D eigenvalue weighted by atomic mass is 16.6. The van der Waals surface area contributed by atoms with Gasteiger partial charge in [0.1, 0.15) is 0 Å². The molecular formula is C24H14O3. The molecule has 1 aliphatic heterocycles. The molecule has 0 fully saturated rings. The highest BCUT2D eigenvalue weighted by Gasteiger charge is 2.34. The SMILES string of the molecule is O=C1OC(=O)c2c1cc1ccccc1c2-c1ccc(-c2ccccc2)cc1. The fourth-order valence-electron chi connectivity index (χ4n) is 3.67. The van der Waals surface area contributed by atoms with Crippen LogP contribution < -0.4 is 0 Å². The quantitative estimate of drug-likeness (QED) is 0.355. The molecule has 0 bridgehead atoms. The number of hydrogen-bond acceptors (Lipinski definition) is 3. The molecule has 0 spiro atoms. The Morgan fingerprint density at radius 3 is 1.96 bits per heavy atom. The van der Waals surface area contributed by atoms with Crippen LogP contribution in [0.15, 0.2) is 84.9 Å². The molecule has 0 aliphatic carbocycles. The van der Waals surface area contributed by atoms with Gasteiger partial charge >= 0.3 is 11.9 Å². The van der Waals surface area contributed by atoms with Gasteiger partial charge in [0.05, 0.1) is 11.1 Å². The normalized spacial score (nSPS) is 12.9.